The molecule has 0 amide bonds. The number of hydrogen-bond donors (Lipinski definition) is 0. The van der Waals surface area contributed by atoms with Gasteiger partial charge in [-0.2, -0.15) is 11.8 Å². The predicted molar refractivity (Wildman–Crippen MR) is 47.5 cm³/mol. The largest absolute Gasteiger partial charge is 0.162 e. The summed E-state index contributed by atoms with van der Waals surface area (Å²) in [5.74, 6) is 2.87. The molecule has 1 heterocycles. The first kappa shape index (κ1) is 7.02. The molecule has 58 valence electrons. The van der Waals surface area contributed by atoms with E-state index in [1.165, 1.54) is 30.8 Å². The smallest absolute Gasteiger partial charge is 0.00623 e. The van der Waals surface area contributed by atoms with Crippen molar-refractivity contribution in [2.75, 3.05) is 11.5 Å². The third-order valence-corrected chi connectivity index (χ3v) is 4.05. The first-order valence-electron chi connectivity index (χ1n) is 4.49. The second-order valence-electron chi connectivity index (χ2n) is 3.82. The van der Waals surface area contributed by atoms with E-state index in [9.17, 15) is 0 Å². The molecule has 1 aliphatic carbocycles. The van der Waals surface area contributed by atoms with E-state index in [-0.39, 0.29) is 0 Å². The highest BCUT2D eigenvalue weighted by molar-refractivity contribution is 7.99. The first-order valence-corrected chi connectivity index (χ1v) is 5.65. The van der Waals surface area contributed by atoms with Crippen LogP contribution in [0.4, 0.5) is 0 Å². The number of hydrogen-bond acceptors (Lipinski definition) is 1. The maximum absolute atomic E-state index is 2.17. The van der Waals surface area contributed by atoms with Crippen LogP contribution in [0.25, 0.3) is 0 Å². The lowest BCUT2D eigenvalue weighted by Crippen LogP contribution is -2.05. The number of thioether (sulfide) groups is 1. The van der Waals surface area contributed by atoms with Crippen molar-refractivity contribution in [3.63, 3.8) is 0 Å². The van der Waals surface area contributed by atoms with Gasteiger partial charge in [-0.1, -0.05) is 6.42 Å². The lowest BCUT2D eigenvalue weighted by atomic mass is 9.96. The summed E-state index contributed by atoms with van der Waals surface area (Å²) in [5, 5.41) is 0. The van der Waals surface area contributed by atoms with Gasteiger partial charge in [-0.15, -0.1) is 0 Å². The van der Waals surface area contributed by atoms with Gasteiger partial charge in [0.2, 0.25) is 0 Å². The summed E-state index contributed by atoms with van der Waals surface area (Å²) in [4.78, 5) is 0. The fourth-order valence-corrected chi connectivity index (χ4v) is 3.09. The summed E-state index contributed by atoms with van der Waals surface area (Å²) in [5.41, 5.74) is 0.882. The summed E-state index contributed by atoms with van der Waals surface area (Å²) >= 11 is 2.17. The molecular weight excluding hydrogens is 140 g/mol. The van der Waals surface area contributed by atoms with Crippen LogP contribution in [0.1, 0.15) is 38.5 Å². The van der Waals surface area contributed by atoms with Crippen molar-refractivity contribution in [1.82, 2.24) is 0 Å². The van der Waals surface area contributed by atoms with E-state index in [0.29, 0.717) is 0 Å². The van der Waals surface area contributed by atoms with Gasteiger partial charge in [-0.3, -0.25) is 0 Å². The molecule has 0 atom stereocenters. The molecule has 0 unspecified atom stereocenters. The molecule has 1 heteroatoms. The van der Waals surface area contributed by atoms with Crippen LogP contribution >= 0.6 is 11.8 Å². The van der Waals surface area contributed by atoms with Crippen LogP contribution in [0, 0.1) is 5.41 Å². The Morgan fingerprint density at radius 1 is 0.800 bits per heavy atom. The van der Waals surface area contributed by atoms with Gasteiger partial charge in [-0.25, -0.2) is 0 Å². The summed E-state index contributed by atoms with van der Waals surface area (Å²) in [6.07, 6.45) is 9.16. The topological polar surface area (TPSA) is 0 Å². The summed E-state index contributed by atoms with van der Waals surface area (Å²) in [6.45, 7) is 0. The summed E-state index contributed by atoms with van der Waals surface area (Å²) in [6, 6.07) is 0. The molecule has 0 aromatic heterocycles. The van der Waals surface area contributed by atoms with Gasteiger partial charge in [0.1, 0.15) is 0 Å². The van der Waals surface area contributed by atoms with Gasteiger partial charge in [0, 0.05) is 0 Å². The highest BCUT2D eigenvalue weighted by Gasteiger charge is 2.41. The standard InChI is InChI=1S/C9H16S/c1-2-7-10-8-6-9(3-1)4-5-9/h1-8H2. The SMILES string of the molecule is C1CCC2(CCSC1)CC2. The second-order valence-corrected chi connectivity index (χ2v) is 5.04. The Morgan fingerprint density at radius 3 is 2.50 bits per heavy atom. The normalized spacial score (nSPS) is 31.2. The first-order chi connectivity index (χ1) is 4.91. The van der Waals surface area contributed by atoms with E-state index in [0.717, 1.165) is 5.41 Å². The Balaban J connectivity index is 1.84. The monoisotopic (exact) mass is 156 g/mol. The molecule has 1 spiro atoms. The van der Waals surface area contributed by atoms with E-state index in [4.69, 9.17) is 0 Å². The van der Waals surface area contributed by atoms with Crippen LogP contribution < -0.4 is 0 Å². The lowest BCUT2D eigenvalue weighted by molar-refractivity contribution is 0.431. The molecule has 2 aliphatic rings. The molecule has 0 N–H and O–H groups in total. The van der Waals surface area contributed by atoms with Crippen LogP contribution in [0.3, 0.4) is 0 Å². The maximum atomic E-state index is 2.17. The van der Waals surface area contributed by atoms with Crippen LogP contribution in [0.15, 0.2) is 0 Å². The predicted octanol–water partition coefficient (Wildman–Crippen LogP) is 3.07. The van der Waals surface area contributed by atoms with Crippen molar-refractivity contribution < 1.29 is 0 Å². The van der Waals surface area contributed by atoms with Crippen molar-refractivity contribution >= 4 is 11.8 Å². The molecule has 1 saturated carbocycles. The van der Waals surface area contributed by atoms with Gasteiger partial charge in [0.15, 0.2) is 0 Å². The van der Waals surface area contributed by atoms with E-state index in [2.05, 4.69) is 11.8 Å². The molecule has 0 bridgehead atoms. The van der Waals surface area contributed by atoms with Gasteiger partial charge < -0.3 is 0 Å². The molecule has 0 nitrogen and oxygen atoms in total. The van der Waals surface area contributed by atoms with Crippen LogP contribution in [0.5, 0.6) is 0 Å². The van der Waals surface area contributed by atoms with Gasteiger partial charge in [-0.05, 0) is 49.0 Å². The van der Waals surface area contributed by atoms with Crippen LogP contribution in [0.2, 0.25) is 0 Å². The molecule has 0 radical (unpaired) electrons. The van der Waals surface area contributed by atoms with Crippen molar-refractivity contribution in [3.05, 3.63) is 0 Å². The molecular formula is C9H16S. The van der Waals surface area contributed by atoms with Gasteiger partial charge in [0.25, 0.3) is 0 Å². The molecule has 2 rings (SSSR count). The fourth-order valence-electron chi connectivity index (χ4n) is 1.90. The minimum Gasteiger partial charge on any atom is -0.162 e. The molecule has 10 heavy (non-hydrogen) atoms. The highest BCUT2D eigenvalue weighted by atomic mass is 32.2. The van der Waals surface area contributed by atoms with Crippen LogP contribution in [-0.2, 0) is 0 Å². The molecule has 1 saturated heterocycles. The highest BCUT2D eigenvalue weighted by Crippen LogP contribution is 2.53. The van der Waals surface area contributed by atoms with E-state index >= 15 is 0 Å². The fraction of sp³-hybridized carbons (Fsp3) is 1.00. The molecule has 1 aliphatic heterocycles. The van der Waals surface area contributed by atoms with Crippen molar-refractivity contribution in [2.45, 2.75) is 38.5 Å². The van der Waals surface area contributed by atoms with Gasteiger partial charge >= 0.3 is 0 Å². The third-order valence-electron chi connectivity index (χ3n) is 2.98. The lowest BCUT2D eigenvalue weighted by Gasteiger charge is -2.17. The van der Waals surface area contributed by atoms with Crippen molar-refractivity contribution in [2.24, 2.45) is 5.41 Å². The Labute approximate surface area is 67.8 Å². The zero-order valence-corrected chi connectivity index (χ0v) is 7.38. The Hall–Kier alpha value is 0.350. The van der Waals surface area contributed by atoms with E-state index in [1.807, 2.05) is 0 Å². The van der Waals surface area contributed by atoms with E-state index < -0.39 is 0 Å². The zero-order chi connectivity index (χ0) is 6.86. The maximum Gasteiger partial charge on any atom is -0.00623 e. The quantitative estimate of drug-likeness (QED) is 0.519. The molecule has 0 aromatic rings. The average molecular weight is 156 g/mol. The average Bonchev–Trinajstić information content (AvgIpc) is 2.61. The van der Waals surface area contributed by atoms with Crippen LogP contribution in [-0.4, -0.2) is 11.5 Å². The summed E-state index contributed by atoms with van der Waals surface area (Å²) < 4.78 is 0. The molecule has 0 aromatic carbocycles. The third kappa shape index (κ3) is 1.50. The van der Waals surface area contributed by atoms with Crippen molar-refractivity contribution in [3.8, 4) is 0 Å². The second kappa shape index (κ2) is 2.77. The Morgan fingerprint density at radius 2 is 1.70 bits per heavy atom. The zero-order valence-electron chi connectivity index (χ0n) is 6.57. The van der Waals surface area contributed by atoms with Gasteiger partial charge in [0.05, 0.1) is 0 Å². The van der Waals surface area contributed by atoms with E-state index in [1.54, 1.807) is 19.3 Å². The summed E-state index contributed by atoms with van der Waals surface area (Å²) in [7, 11) is 0. The van der Waals surface area contributed by atoms with Crippen molar-refractivity contribution in [1.29, 1.82) is 0 Å². The minimum atomic E-state index is 0.882. The molecule has 2 fully saturated rings. The minimum absolute atomic E-state index is 0.882. The Kier molecular flexibility index (Phi) is 1.94. The Bertz CT molecular complexity index is 106. The number of rotatable bonds is 0.